The summed E-state index contributed by atoms with van der Waals surface area (Å²) >= 11 is 3.53. The topological polar surface area (TPSA) is 52.5 Å². The van der Waals surface area contributed by atoms with Crippen molar-refractivity contribution in [3.8, 4) is 17.3 Å². The highest BCUT2D eigenvalue weighted by molar-refractivity contribution is 9.09. The van der Waals surface area contributed by atoms with Gasteiger partial charge in [0.05, 0.1) is 11.3 Å². The summed E-state index contributed by atoms with van der Waals surface area (Å²) in [6.07, 6.45) is 4.85. The number of aryl methyl sites for hydroxylation is 1. The zero-order chi connectivity index (χ0) is 20.5. The van der Waals surface area contributed by atoms with E-state index in [2.05, 4.69) is 86.8 Å². The van der Waals surface area contributed by atoms with Gasteiger partial charge < -0.3 is 0 Å². The quantitative estimate of drug-likeness (QED) is 0.175. The van der Waals surface area contributed by atoms with Crippen molar-refractivity contribution >= 4 is 48.2 Å². The van der Waals surface area contributed by atoms with E-state index in [0.717, 1.165) is 57.6 Å². The number of aromatic nitrogens is 2. The second kappa shape index (κ2) is 7.93. The number of nitrogens with one attached hydrogen (secondary N) is 1. The number of nitrogens with zero attached hydrogens (tertiary/aromatic N) is 2. The molecule has 0 amide bonds. The minimum Gasteiger partial charge on any atom is -0.278 e. The Balaban J connectivity index is 1.81. The molecular weight excluding hydrogens is 434 g/mol. The van der Waals surface area contributed by atoms with E-state index in [9.17, 15) is 5.26 Å². The average molecular weight is 454 g/mol. The number of aromatic amines is 1. The highest BCUT2D eigenvalue weighted by Gasteiger charge is 2.17. The Kier molecular flexibility index (Phi) is 4.98. The number of nitriles is 1. The first-order chi connectivity index (χ1) is 14.8. The van der Waals surface area contributed by atoms with Gasteiger partial charge in [0.2, 0.25) is 0 Å². The number of alkyl halides is 1. The first-order valence-corrected chi connectivity index (χ1v) is 11.3. The first kappa shape index (κ1) is 18.8. The Hall–Kier alpha value is -3.16. The van der Waals surface area contributed by atoms with Crippen molar-refractivity contribution in [2.45, 2.75) is 19.3 Å². The second-order valence-corrected chi connectivity index (χ2v) is 8.43. The van der Waals surface area contributed by atoms with Crippen LogP contribution in [0.25, 0.3) is 43.6 Å². The standard InChI is InChI=1S/C26H20BrN3/c27-9-4-3-7-19-13-22-14-20-11-17-5-1-2-6-18(17)12-21(20)15-23(22)24(16-28)26(19)25-8-10-29-30-25/h1-2,5-6,8,10-15H,3-4,7,9H2,(H,29,30). The first-order valence-electron chi connectivity index (χ1n) is 10.2. The summed E-state index contributed by atoms with van der Waals surface area (Å²) in [4.78, 5) is 0. The molecule has 0 aliphatic carbocycles. The van der Waals surface area contributed by atoms with Gasteiger partial charge in [0.25, 0.3) is 0 Å². The summed E-state index contributed by atoms with van der Waals surface area (Å²) in [6, 6.07) is 24.0. The van der Waals surface area contributed by atoms with Gasteiger partial charge in [-0.15, -0.1) is 0 Å². The van der Waals surface area contributed by atoms with Gasteiger partial charge in [-0.2, -0.15) is 10.4 Å². The molecule has 0 aliphatic heterocycles. The largest absolute Gasteiger partial charge is 0.278 e. The molecule has 0 radical (unpaired) electrons. The fourth-order valence-electron chi connectivity index (χ4n) is 4.33. The predicted octanol–water partition coefficient (Wildman–Crippen LogP) is 7.13. The molecule has 146 valence electrons. The van der Waals surface area contributed by atoms with Crippen LogP contribution < -0.4 is 0 Å². The summed E-state index contributed by atoms with van der Waals surface area (Å²) in [7, 11) is 0. The van der Waals surface area contributed by atoms with Gasteiger partial charge in [-0.1, -0.05) is 46.3 Å². The van der Waals surface area contributed by atoms with Gasteiger partial charge >= 0.3 is 0 Å². The number of hydrogen-bond donors (Lipinski definition) is 1. The molecule has 3 nitrogen and oxygen atoms in total. The lowest BCUT2D eigenvalue weighted by molar-refractivity contribution is 0.807. The smallest absolute Gasteiger partial charge is 0.100 e. The van der Waals surface area contributed by atoms with E-state index >= 15 is 0 Å². The van der Waals surface area contributed by atoms with E-state index in [1.807, 2.05) is 6.07 Å². The Morgan fingerprint density at radius 2 is 1.60 bits per heavy atom. The maximum atomic E-state index is 10.2. The van der Waals surface area contributed by atoms with Gasteiger partial charge in [0, 0.05) is 22.5 Å². The molecule has 5 rings (SSSR count). The zero-order valence-electron chi connectivity index (χ0n) is 16.5. The van der Waals surface area contributed by atoms with Crippen molar-refractivity contribution in [2.24, 2.45) is 0 Å². The van der Waals surface area contributed by atoms with Crippen LogP contribution in [0.2, 0.25) is 0 Å². The second-order valence-electron chi connectivity index (χ2n) is 7.63. The molecule has 0 saturated carbocycles. The minimum absolute atomic E-state index is 0.723. The summed E-state index contributed by atoms with van der Waals surface area (Å²) in [6.45, 7) is 0. The van der Waals surface area contributed by atoms with E-state index in [0.29, 0.717) is 0 Å². The van der Waals surface area contributed by atoms with Gasteiger partial charge in [-0.05, 0) is 82.1 Å². The SMILES string of the molecule is N#Cc1c(-c2ccn[nH]2)c(CCCCBr)cc2cc3cc4ccccc4cc3cc12. The Morgan fingerprint density at radius 1 is 0.867 bits per heavy atom. The summed E-state index contributed by atoms with van der Waals surface area (Å²) < 4.78 is 0. The van der Waals surface area contributed by atoms with Crippen LogP contribution in [0, 0.1) is 11.3 Å². The molecule has 0 bridgehead atoms. The van der Waals surface area contributed by atoms with Crippen LogP contribution >= 0.6 is 15.9 Å². The van der Waals surface area contributed by atoms with Crippen LogP contribution in [0.15, 0.2) is 66.9 Å². The Labute approximate surface area is 183 Å². The van der Waals surface area contributed by atoms with Crippen molar-refractivity contribution in [3.63, 3.8) is 0 Å². The van der Waals surface area contributed by atoms with Gasteiger partial charge in [0.1, 0.15) is 6.07 Å². The number of halogens is 1. The lowest BCUT2D eigenvalue weighted by Crippen LogP contribution is -1.97. The van der Waals surface area contributed by atoms with Crippen LogP contribution in [0.3, 0.4) is 0 Å². The van der Waals surface area contributed by atoms with Gasteiger partial charge in [0.15, 0.2) is 0 Å². The van der Waals surface area contributed by atoms with Crippen molar-refractivity contribution in [1.29, 1.82) is 5.26 Å². The predicted molar refractivity (Wildman–Crippen MR) is 128 cm³/mol. The molecule has 1 aromatic heterocycles. The fraction of sp³-hybridized carbons (Fsp3) is 0.154. The molecule has 0 spiro atoms. The highest BCUT2D eigenvalue weighted by Crippen LogP contribution is 2.36. The van der Waals surface area contributed by atoms with E-state index < -0.39 is 0 Å². The molecule has 0 unspecified atom stereocenters. The summed E-state index contributed by atoms with van der Waals surface area (Å²) in [5, 5.41) is 25.3. The third-order valence-electron chi connectivity index (χ3n) is 5.76. The Morgan fingerprint density at radius 3 is 2.27 bits per heavy atom. The van der Waals surface area contributed by atoms with Crippen molar-refractivity contribution in [1.82, 2.24) is 10.2 Å². The molecular formula is C26H20BrN3. The molecule has 30 heavy (non-hydrogen) atoms. The minimum atomic E-state index is 0.723. The number of rotatable bonds is 5. The number of unbranched alkanes of at least 4 members (excludes halogenated alkanes) is 1. The maximum Gasteiger partial charge on any atom is 0.100 e. The molecule has 0 atom stereocenters. The maximum absolute atomic E-state index is 10.2. The Bertz CT molecular complexity index is 1410. The number of H-pyrrole nitrogens is 1. The van der Waals surface area contributed by atoms with Crippen LogP contribution in [-0.4, -0.2) is 15.5 Å². The molecule has 1 N–H and O–H groups in total. The molecule has 4 aromatic carbocycles. The molecule has 5 aromatic rings. The lowest BCUT2D eigenvalue weighted by Gasteiger charge is -2.14. The van der Waals surface area contributed by atoms with E-state index in [-0.39, 0.29) is 0 Å². The number of benzene rings is 4. The molecule has 1 heterocycles. The summed E-state index contributed by atoms with van der Waals surface area (Å²) in [5.74, 6) is 0. The number of fused-ring (bicyclic) bond motifs is 3. The van der Waals surface area contributed by atoms with Crippen LogP contribution in [-0.2, 0) is 6.42 Å². The van der Waals surface area contributed by atoms with E-state index in [1.165, 1.54) is 21.7 Å². The normalized spacial score (nSPS) is 11.3. The van der Waals surface area contributed by atoms with E-state index in [1.54, 1.807) is 6.20 Å². The third-order valence-corrected chi connectivity index (χ3v) is 6.32. The van der Waals surface area contributed by atoms with Crippen LogP contribution in [0.5, 0.6) is 0 Å². The van der Waals surface area contributed by atoms with Gasteiger partial charge in [-0.25, -0.2) is 0 Å². The van der Waals surface area contributed by atoms with Crippen LogP contribution in [0.1, 0.15) is 24.0 Å². The average Bonchev–Trinajstić information content (AvgIpc) is 3.30. The van der Waals surface area contributed by atoms with Gasteiger partial charge in [-0.3, -0.25) is 5.10 Å². The van der Waals surface area contributed by atoms with Crippen LogP contribution in [0.4, 0.5) is 0 Å². The zero-order valence-corrected chi connectivity index (χ0v) is 18.0. The monoisotopic (exact) mass is 453 g/mol. The molecule has 0 fully saturated rings. The molecule has 0 aliphatic rings. The van der Waals surface area contributed by atoms with E-state index in [4.69, 9.17) is 0 Å². The summed E-state index contributed by atoms with van der Waals surface area (Å²) in [5.41, 5.74) is 3.81. The van der Waals surface area contributed by atoms with Crippen molar-refractivity contribution < 1.29 is 0 Å². The number of hydrogen-bond acceptors (Lipinski definition) is 2. The van der Waals surface area contributed by atoms with Crippen molar-refractivity contribution in [2.75, 3.05) is 5.33 Å². The fourth-order valence-corrected chi connectivity index (χ4v) is 4.72. The van der Waals surface area contributed by atoms with Crippen molar-refractivity contribution in [3.05, 3.63) is 78.0 Å². The lowest BCUT2D eigenvalue weighted by atomic mass is 9.89. The molecule has 0 saturated heterocycles. The third kappa shape index (κ3) is 3.26. The molecule has 4 heteroatoms. The highest BCUT2D eigenvalue weighted by atomic mass is 79.9.